The van der Waals surface area contributed by atoms with E-state index in [1.165, 1.54) is 4.90 Å². The normalized spacial score (nSPS) is 15.4. The maximum absolute atomic E-state index is 13.4. The lowest BCUT2D eigenvalue weighted by atomic mass is 10.1. The monoisotopic (exact) mass is 431 g/mol. The summed E-state index contributed by atoms with van der Waals surface area (Å²) in [6.07, 6.45) is 4.19. The molecule has 1 fully saturated rings. The van der Waals surface area contributed by atoms with E-state index in [2.05, 4.69) is 5.32 Å². The van der Waals surface area contributed by atoms with Crippen molar-refractivity contribution < 1.29 is 14.3 Å². The van der Waals surface area contributed by atoms with Crippen molar-refractivity contribution in [3.63, 3.8) is 0 Å². The zero-order valence-corrected chi connectivity index (χ0v) is 18.0. The van der Waals surface area contributed by atoms with Gasteiger partial charge in [0.1, 0.15) is 11.3 Å². The molecular weight excluding hydrogens is 410 g/mol. The Balaban J connectivity index is 1.74. The van der Waals surface area contributed by atoms with Crippen LogP contribution in [-0.4, -0.2) is 28.6 Å². The molecule has 31 heavy (non-hydrogen) atoms. The van der Waals surface area contributed by atoms with Gasteiger partial charge in [0.05, 0.1) is 12.8 Å². The smallest absolute Gasteiger partial charge is 0.270 e. The topological polar surface area (TPSA) is 63.6 Å². The molecule has 3 aromatic rings. The second kappa shape index (κ2) is 8.57. The highest BCUT2D eigenvalue weighted by molar-refractivity contribution is 7.80. The van der Waals surface area contributed by atoms with Crippen LogP contribution in [0.3, 0.4) is 0 Å². The summed E-state index contributed by atoms with van der Waals surface area (Å²) in [5.41, 5.74) is 3.24. The predicted molar refractivity (Wildman–Crippen MR) is 124 cm³/mol. The molecule has 2 amide bonds. The fourth-order valence-electron chi connectivity index (χ4n) is 3.54. The van der Waals surface area contributed by atoms with E-state index >= 15 is 0 Å². The Labute approximate surface area is 185 Å². The highest BCUT2D eigenvalue weighted by Crippen LogP contribution is 2.26. The van der Waals surface area contributed by atoms with Crippen LogP contribution < -0.4 is 15.0 Å². The Morgan fingerprint density at radius 2 is 1.77 bits per heavy atom. The van der Waals surface area contributed by atoms with Crippen molar-refractivity contribution in [1.82, 2.24) is 9.88 Å². The molecule has 7 heteroatoms. The average Bonchev–Trinajstić information content (AvgIpc) is 3.25. The number of rotatable bonds is 5. The first-order valence-corrected chi connectivity index (χ1v) is 10.3. The van der Waals surface area contributed by atoms with Crippen LogP contribution in [0.2, 0.25) is 0 Å². The van der Waals surface area contributed by atoms with Crippen molar-refractivity contribution in [3.05, 3.63) is 83.7 Å². The quantitative estimate of drug-likeness (QED) is 0.378. The average molecular weight is 432 g/mol. The zero-order valence-electron chi connectivity index (χ0n) is 17.2. The van der Waals surface area contributed by atoms with Gasteiger partial charge in [-0.05, 0) is 72.7 Å². The molecule has 0 unspecified atom stereocenters. The number of nitrogens with one attached hydrogen (secondary N) is 1. The molecule has 1 aromatic heterocycles. The van der Waals surface area contributed by atoms with Crippen molar-refractivity contribution in [1.29, 1.82) is 0 Å². The Hall–Kier alpha value is -3.71. The number of aryl methyl sites for hydroxylation is 1. The molecule has 6 nitrogen and oxygen atoms in total. The minimum Gasteiger partial charge on any atom is -0.497 e. The summed E-state index contributed by atoms with van der Waals surface area (Å²) in [5.74, 6) is -0.212. The van der Waals surface area contributed by atoms with E-state index < -0.39 is 11.8 Å². The molecule has 1 aliphatic heterocycles. The number of benzene rings is 2. The lowest BCUT2D eigenvalue weighted by Gasteiger charge is -2.30. The number of carbonyl (C=O) groups is 2. The third kappa shape index (κ3) is 3.87. The van der Waals surface area contributed by atoms with Crippen LogP contribution in [0.15, 0.2) is 72.4 Å². The van der Waals surface area contributed by atoms with Gasteiger partial charge in [0.15, 0.2) is 5.11 Å². The lowest BCUT2D eigenvalue weighted by molar-refractivity contribution is -0.122. The summed E-state index contributed by atoms with van der Waals surface area (Å²) in [4.78, 5) is 27.4. The highest BCUT2D eigenvalue weighted by Gasteiger charge is 2.35. The number of thiocarbonyl (C=S) groups is 1. The largest absolute Gasteiger partial charge is 0.497 e. The van der Waals surface area contributed by atoms with Crippen LogP contribution >= 0.6 is 12.2 Å². The molecule has 0 aliphatic carbocycles. The van der Waals surface area contributed by atoms with Crippen molar-refractivity contribution in [2.24, 2.45) is 0 Å². The van der Waals surface area contributed by atoms with Gasteiger partial charge in [-0.3, -0.25) is 19.8 Å². The van der Waals surface area contributed by atoms with E-state index in [0.29, 0.717) is 11.4 Å². The van der Waals surface area contributed by atoms with E-state index in [9.17, 15) is 9.59 Å². The molecule has 0 radical (unpaired) electrons. The number of amides is 2. The Kier molecular flexibility index (Phi) is 5.68. The second-order valence-electron chi connectivity index (χ2n) is 6.94. The number of para-hydroxylation sites is 1. The first-order valence-electron chi connectivity index (χ1n) is 9.84. The molecular formula is C24H21N3O3S. The van der Waals surface area contributed by atoms with Crippen LogP contribution in [-0.2, 0) is 16.0 Å². The number of carbonyl (C=O) groups excluding carboxylic acids is 2. The number of methoxy groups -OCH3 is 1. The molecule has 4 rings (SSSR count). The Morgan fingerprint density at radius 3 is 2.48 bits per heavy atom. The molecule has 1 saturated heterocycles. The summed E-state index contributed by atoms with van der Waals surface area (Å²) in [5, 5.41) is 2.73. The molecule has 2 aromatic carbocycles. The minimum absolute atomic E-state index is 0.0213. The minimum atomic E-state index is -0.511. The predicted octanol–water partition coefficient (Wildman–Crippen LogP) is 3.88. The molecule has 1 aliphatic rings. The number of nitrogens with zero attached hydrogens (tertiary/aromatic N) is 2. The number of hydrogen-bond acceptors (Lipinski definition) is 4. The molecule has 0 saturated carbocycles. The van der Waals surface area contributed by atoms with Gasteiger partial charge in [0, 0.05) is 17.6 Å². The molecule has 0 bridgehead atoms. The van der Waals surface area contributed by atoms with Crippen LogP contribution in [0.4, 0.5) is 5.69 Å². The van der Waals surface area contributed by atoms with Gasteiger partial charge in [-0.2, -0.15) is 0 Å². The van der Waals surface area contributed by atoms with Gasteiger partial charge >= 0.3 is 0 Å². The number of ether oxygens (including phenoxy) is 1. The highest BCUT2D eigenvalue weighted by atomic mass is 32.1. The van der Waals surface area contributed by atoms with Crippen molar-refractivity contribution in [3.8, 4) is 11.4 Å². The molecule has 0 spiro atoms. The summed E-state index contributed by atoms with van der Waals surface area (Å²) in [6, 6.07) is 18.8. The SMILES string of the molecule is CCc1ccccc1N1C(=O)/C(=C/c2cccn2-c2ccc(OC)cc2)C(=O)NC1=S. The first kappa shape index (κ1) is 20.6. The molecule has 2 heterocycles. The number of aromatic nitrogens is 1. The molecule has 0 atom stereocenters. The van der Waals surface area contributed by atoms with Crippen LogP contribution in [0.5, 0.6) is 5.75 Å². The van der Waals surface area contributed by atoms with Gasteiger partial charge in [0.25, 0.3) is 11.8 Å². The van der Waals surface area contributed by atoms with Gasteiger partial charge < -0.3 is 9.30 Å². The summed E-state index contributed by atoms with van der Waals surface area (Å²) < 4.78 is 7.11. The van der Waals surface area contributed by atoms with Crippen LogP contribution in [0, 0.1) is 0 Å². The summed E-state index contributed by atoms with van der Waals surface area (Å²) in [6.45, 7) is 2.01. The second-order valence-corrected chi connectivity index (χ2v) is 7.33. The van der Waals surface area contributed by atoms with Gasteiger partial charge in [-0.25, -0.2) is 0 Å². The van der Waals surface area contributed by atoms with Gasteiger partial charge in [-0.1, -0.05) is 25.1 Å². The van der Waals surface area contributed by atoms with Crippen molar-refractivity contribution in [2.45, 2.75) is 13.3 Å². The third-order valence-electron chi connectivity index (χ3n) is 5.14. The Morgan fingerprint density at radius 1 is 1.03 bits per heavy atom. The summed E-state index contributed by atoms with van der Waals surface area (Å²) >= 11 is 5.33. The third-order valence-corrected chi connectivity index (χ3v) is 5.42. The standard InChI is InChI=1S/C24H21N3O3S/c1-3-16-7-4-5-9-21(16)27-23(29)20(22(28)25-24(27)31)15-18-8-6-14-26(18)17-10-12-19(30-2)13-11-17/h4-15H,3H2,1-2H3,(H,25,28,31)/b20-15+. The number of anilines is 1. The van der Waals surface area contributed by atoms with E-state index in [1.807, 2.05) is 78.4 Å². The van der Waals surface area contributed by atoms with Crippen LogP contribution in [0.25, 0.3) is 11.8 Å². The molecule has 156 valence electrons. The zero-order chi connectivity index (χ0) is 22.0. The Bertz CT molecular complexity index is 1190. The van der Waals surface area contributed by atoms with Crippen LogP contribution in [0.1, 0.15) is 18.2 Å². The first-order chi connectivity index (χ1) is 15.0. The van der Waals surface area contributed by atoms with Gasteiger partial charge in [0.2, 0.25) is 0 Å². The van der Waals surface area contributed by atoms with E-state index in [-0.39, 0.29) is 10.7 Å². The lowest BCUT2D eigenvalue weighted by Crippen LogP contribution is -2.54. The van der Waals surface area contributed by atoms with Crippen molar-refractivity contribution >= 4 is 40.9 Å². The van der Waals surface area contributed by atoms with Crippen molar-refractivity contribution in [2.75, 3.05) is 12.0 Å². The van der Waals surface area contributed by atoms with E-state index in [4.69, 9.17) is 17.0 Å². The summed E-state index contributed by atoms with van der Waals surface area (Å²) in [7, 11) is 1.61. The van der Waals surface area contributed by atoms with E-state index in [1.54, 1.807) is 13.2 Å². The maximum Gasteiger partial charge on any atom is 0.270 e. The number of hydrogen-bond donors (Lipinski definition) is 1. The van der Waals surface area contributed by atoms with E-state index in [0.717, 1.165) is 23.4 Å². The fourth-order valence-corrected chi connectivity index (χ4v) is 3.82. The molecule has 1 N–H and O–H groups in total. The maximum atomic E-state index is 13.4. The fraction of sp³-hybridized carbons (Fsp3) is 0.125. The van der Waals surface area contributed by atoms with Gasteiger partial charge in [-0.15, -0.1) is 0 Å².